The summed E-state index contributed by atoms with van der Waals surface area (Å²) in [5.41, 5.74) is 0.933. The van der Waals surface area contributed by atoms with Gasteiger partial charge in [-0.05, 0) is 37.1 Å². The summed E-state index contributed by atoms with van der Waals surface area (Å²) in [6.45, 7) is 0. The highest BCUT2D eigenvalue weighted by molar-refractivity contribution is 5.21. The van der Waals surface area contributed by atoms with Crippen LogP contribution in [0.15, 0.2) is 30.5 Å². The summed E-state index contributed by atoms with van der Waals surface area (Å²) in [6, 6.07) is 4.92. The van der Waals surface area contributed by atoms with Gasteiger partial charge in [0.05, 0.1) is 6.10 Å². The fourth-order valence-electron chi connectivity index (χ4n) is 1.86. The molecular weight excluding hydrogens is 238 g/mol. The van der Waals surface area contributed by atoms with E-state index in [4.69, 9.17) is 0 Å². The van der Waals surface area contributed by atoms with E-state index in [1.165, 1.54) is 0 Å². The van der Waals surface area contributed by atoms with Gasteiger partial charge in [-0.3, -0.25) is 4.68 Å². The first-order chi connectivity index (χ1) is 8.58. The van der Waals surface area contributed by atoms with E-state index >= 15 is 0 Å². The molecule has 1 aromatic carbocycles. The van der Waals surface area contributed by atoms with Gasteiger partial charge in [0.2, 0.25) is 0 Å². The van der Waals surface area contributed by atoms with E-state index < -0.39 is 17.7 Å². The molecule has 0 saturated heterocycles. The van der Waals surface area contributed by atoms with Crippen LogP contribution in [0.4, 0.5) is 8.78 Å². The van der Waals surface area contributed by atoms with Crippen LogP contribution in [-0.2, 0) is 13.5 Å². The molecule has 0 aliphatic carbocycles. The number of aliphatic hydroxyl groups excluding tert-OH is 1. The molecular formula is C13H14F2N2O. The molecule has 0 amide bonds. The number of hydrogen-bond donors (Lipinski definition) is 1. The van der Waals surface area contributed by atoms with E-state index in [0.29, 0.717) is 12.8 Å². The second-order valence-electron chi connectivity index (χ2n) is 4.17. The van der Waals surface area contributed by atoms with Crippen molar-refractivity contribution in [3.63, 3.8) is 0 Å². The second-order valence-corrected chi connectivity index (χ2v) is 4.17. The lowest BCUT2D eigenvalue weighted by molar-refractivity contribution is 0.162. The van der Waals surface area contributed by atoms with Crippen molar-refractivity contribution in [2.45, 2.75) is 18.9 Å². The summed E-state index contributed by atoms with van der Waals surface area (Å²) in [7, 11) is 1.80. The molecule has 18 heavy (non-hydrogen) atoms. The van der Waals surface area contributed by atoms with Crippen molar-refractivity contribution < 1.29 is 13.9 Å². The fraction of sp³-hybridized carbons (Fsp3) is 0.308. The van der Waals surface area contributed by atoms with Gasteiger partial charge in [-0.25, -0.2) is 8.78 Å². The van der Waals surface area contributed by atoms with Crippen molar-refractivity contribution >= 4 is 0 Å². The standard InChI is InChI=1S/C13H14F2N2O/c1-17-10(6-7-16-17)3-5-13(18)11-8-9(14)2-4-12(11)15/h2,4,6-8,13,18H,3,5H2,1H3. The maximum atomic E-state index is 13.4. The van der Waals surface area contributed by atoms with Gasteiger partial charge >= 0.3 is 0 Å². The third-order valence-corrected chi connectivity index (χ3v) is 2.91. The summed E-state index contributed by atoms with van der Waals surface area (Å²) in [5, 5.41) is 13.9. The van der Waals surface area contributed by atoms with Gasteiger partial charge < -0.3 is 5.11 Å². The highest BCUT2D eigenvalue weighted by atomic mass is 19.1. The number of aliphatic hydroxyl groups is 1. The first-order valence-corrected chi connectivity index (χ1v) is 5.68. The Morgan fingerprint density at radius 1 is 1.33 bits per heavy atom. The smallest absolute Gasteiger partial charge is 0.129 e. The molecule has 2 aromatic rings. The lowest BCUT2D eigenvalue weighted by atomic mass is 10.0. The Labute approximate surface area is 104 Å². The van der Waals surface area contributed by atoms with Crippen LogP contribution < -0.4 is 0 Å². The van der Waals surface area contributed by atoms with E-state index in [0.717, 1.165) is 23.9 Å². The Hall–Kier alpha value is -1.75. The molecule has 0 aliphatic rings. The lowest BCUT2D eigenvalue weighted by Crippen LogP contribution is -2.05. The van der Waals surface area contributed by atoms with Gasteiger partial charge in [0.1, 0.15) is 11.6 Å². The topological polar surface area (TPSA) is 38.0 Å². The molecule has 1 N–H and O–H groups in total. The van der Waals surface area contributed by atoms with Crippen molar-refractivity contribution in [1.82, 2.24) is 9.78 Å². The van der Waals surface area contributed by atoms with Crippen molar-refractivity contribution in [1.29, 1.82) is 0 Å². The molecule has 1 aromatic heterocycles. The van der Waals surface area contributed by atoms with Gasteiger partial charge in [-0.2, -0.15) is 5.10 Å². The molecule has 96 valence electrons. The summed E-state index contributed by atoms with van der Waals surface area (Å²) in [5.74, 6) is -1.14. The largest absolute Gasteiger partial charge is 0.388 e. The number of nitrogens with zero attached hydrogens (tertiary/aromatic N) is 2. The van der Waals surface area contributed by atoms with Crippen LogP contribution in [0, 0.1) is 11.6 Å². The Balaban J connectivity index is 2.06. The lowest BCUT2D eigenvalue weighted by Gasteiger charge is -2.12. The Kier molecular flexibility index (Phi) is 3.72. The van der Waals surface area contributed by atoms with Crippen molar-refractivity contribution in [2.24, 2.45) is 7.05 Å². The highest BCUT2D eigenvalue weighted by Crippen LogP contribution is 2.22. The van der Waals surface area contributed by atoms with Gasteiger partial charge in [-0.1, -0.05) is 0 Å². The van der Waals surface area contributed by atoms with Crippen molar-refractivity contribution in [2.75, 3.05) is 0 Å². The third kappa shape index (κ3) is 2.73. The van der Waals surface area contributed by atoms with E-state index in [-0.39, 0.29) is 5.56 Å². The number of hydrogen-bond acceptors (Lipinski definition) is 2. The zero-order chi connectivity index (χ0) is 13.1. The summed E-state index contributed by atoms with van der Waals surface area (Å²) < 4.78 is 28.1. The number of rotatable bonds is 4. The highest BCUT2D eigenvalue weighted by Gasteiger charge is 2.14. The molecule has 5 heteroatoms. The number of halogens is 2. The minimum atomic E-state index is -1.02. The van der Waals surface area contributed by atoms with Gasteiger partial charge in [0.15, 0.2) is 0 Å². The zero-order valence-corrected chi connectivity index (χ0v) is 9.98. The molecule has 0 spiro atoms. The maximum Gasteiger partial charge on any atom is 0.129 e. The number of aryl methyl sites for hydroxylation is 2. The molecule has 0 fully saturated rings. The fourth-order valence-corrected chi connectivity index (χ4v) is 1.86. The SMILES string of the molecule is Cn1nccc1CCC(O)c1cc(F)ccc1F. The minimum absolute atomic E-state index is 0.00262. The molecule has 0 saturated carbocycles. The third-order valence-electron chi connectivity index (χ3n) is 2.91. The molecule has 3 nitrogen and oxygen atoms in total. The molecule has 1 unspecified atom stereocenters. The molecule has 0 aliphatic heterocycles. The predicted molar refractivity (Wildman–Crippen MR) is 62.8 cm³/mol. The normalized spacial score (nSPS) is 12.7. The first-order valence-electron chi connectivity index (χ1n) is 5.68. The first kappa shape index (κ1) is 12.7. The molecule has 1 atom stereocenters. The predicted octanol–water partition coefficient (Wildman–Crippen LogP) is 2.36. The van der Waals surface area contributed by atoms with Crippen LogP contribution in [0.5, 0.6) is 0 Å². The van der Waals surface area contributed by atoms with E-state index in [9.17, 15) is 13.9 Å². The van der Waals surface area contributed by atoms with Crippen LogP contribution >= 0.6 is 0 Å². The Morgan fingerprint density at radius 2 is 2.11 bits per heavy atom. The minimum Gasteiger partial charge on any atom is -0.388 e. The summed E-state index contributed by atoms with van der Waals surface area (Å²) in [6.07, 6.45) is 1.51. The second kappa shape index (κ2) is 5.27. The quantitative estimate of drug-likeness (QED) is 0.907. The van der Waals surface area contributed by atoms with E-state index in [2.05, 4.69) is 5.10 Å². The average Bonchev–Trinajstić information content (AvgIpc) is 2.75. The van der Waals surface area contributed by atoms with Crippen LogP contribution in [0.2, 0.25) is 0 Å². The Morgan fingerprint density at radius 3 is 2.78 bits per heavy atom. The number of benzene rings is 1. The molecule has 0 bridgehead atoms. The monoisotopic (exact) mass is 252 g/mol. The van der Waals surface area contributed by atoms with Crippen LogP contribution in [0.1, 0.15) is 23.8 Å². The zero-order valence-electron chi connectivity index (χ0n) is 9.98. The van der Waals surface area contributed by atoms with Crippen molar-refractivity contribution in [3.8, 4) is 0 Å². The van der Waals surface area contributed by atoms with Gasteiger partial charge in [0, 0.05) is 24.5 Å². The van der Waals surface area contributed by atoms with Crippen LogP contribution in [0.25, 0.3) is 0 Å². The van der Waals surface area contributed by atoms with Gasteiger partial charge in [-0.15, -0.1) is 0 Å². The van der Waals surface area contributed by atoms with Gasteiger partial charge in [0.25, 0.3) is 0 Å². The van der Waals surface area contributed by atoms with E-state index in [1.807, 2.05) is 6.07 Å². The molecule has 1 heterocycles. The van der Waals surface area contributed by atoms with Crippen molar-refractivity contribution in [3.05, 3.63) is 53.4 Å². The summed E-state index contributed by atoms with van der Waals surface area (Å²) in [4.78, 5) is 0. The number of aromatic nitrogens is 2. The summed E-state index contributed by atoms with van der Waals surface area (Å²) >= 11 is 0. The van der Waals surface area contributed by atoms with E-state index in [1.54, 1.807) is 17.9 Å². The van der Waals surface area contributed by atoms with Crippen LogP contribution in [-0.4, -0.2) is 14.9 Å². The maximum absolute atomic E-state index is 13.4. The molecule has 0 radical (unpaired) electrons. The Bertz CT molecular complexity index is 540. The van der Waals surface area contributed by atoms with Crippen LogP contribution in [0.3, 0.4) is 0 Å². The average molecular weight is 252 g/mol. The molecule has 2 rings (SSSR count).